The van der Waals surface area contributed by atoms with E-state index < -0.39 is 0 Å². The summed E-state index contributed by atoms with van der Waals surface area (Å²) in [6.07, 6.45) is 1.72. The van der Waals surface area contributed by atoms with Gasteiger partial charge in [0.2, 0.25) is 17.6 Å². The zero-order valence-electron chi connectivity index (χ0n) is 11.7. The number of hydrogen-bond acceptors (Lipinski definition) is 7. The molecule has 0 spiro atoms. The Bertz CT molecular complexity index is 1010. The van der Waals surface area contributed by atoms with E-state index in [2.05, 4.69) is 20.3 Å². The Hall–Kier alpha value is -3.00. The Morgan fingerprint density at radius 2 is 2.00 bits per heavy atom. The van der Waals surface area contributed by atoms with Gasteiger partial charge in [0.15, 0.2) is 11.5 Å². The van der Waals surface area contributed by atoms with Crippen LogP contribution >= 0.6 is 11.3 Å². The second-order valence-electron chi connectivity index (χ2n) is 4.91. The molecule has 23 heavy (non-hydrogen) atoms. The van der Waals surface area contributed by atoms with Crippen molar-refractivity contribution < 1.29 is 9.47 Å². The van der Waals surface area contributed by atoms with Crippen LogP contribution in [0.4, 0.5) is 0 Å². The molecule has 0 fully saturated rings. The van der Waals surface area contributed by atoms with E-state index in [1.54, 1.807) is 10.7 Å². The molecule has 0 amide bonds. The van der Waals surface area contributed by atoms with E-state index in [-0.39, 0.29) is 6.79 Å². The third-order valence-electron chi connectivity index (χ3n) is 3.50. The number of pyridine rings is 1. The molecule has 1 aromatic carbocycles. The zero-order chi connectivity index (χ0) is 15.2. The number of aromatic nitrogens is 5. The molecular formula is C15H9N5O2S. The maximum absolute atomic E-state index is 5.42. The lowest BCUT2D eigenvalue weighted by atomic mass is 10.2. The first-order valence-corrected chi connectivity index (χ1v) is 7.74. The van der Waals surface area contributed by atoms with Crippen LogP contribution < -0.4 is 9.47 Å². The maximum atomic E-state index is 5.42. The number of nitrogens with zero attached hydrogens (tertiary/aromatic N) is 5. The molecule has 1 aliphatic rings. The predicted molar refractivity (Wildman–Crippen MR) is 83.4 cm³/mol. The van der Waals surface area contributed by atoms with Gasteiger partial charge in [-0.1, -0.05) is 17.4 Å². The van der Waals surface area contributed by atoms with Crippen molar-refractivity contribution in [2.75, 3.05) is 6.79 Å². The topological polar surface area (TPSA) is 74.4 Å². The van der Waals surface area contributed by atoms with Gasteiger partial charge in [-0.05, 0) is 30.3 Å². The molecule has 0 atom stereocenters. The van der Waals surface area contributed by atoms with Crippen molar-refractivity contribution in [2.45, 2.75) is 0 Å². The summed E-state index contributed by atoms with van der Waals surface area (Å²) in [6, 6.07) is 11.4. The normalized spacial score (nSPS) is 12.9. The average Bonchev–Trinajstić information content (AvgIpc) is 3.29. The first-order valence-electron chi connectivity index (χ1n) is 6.92. The summed E-state index contributed by atoms with van der Waals surface area (Å²) in [5.41, 5.74) is 1.69. The molecule has 1 aliphatic heterocycles. The van der Waals surface area contributed by atoms with Crippen molar-refractivity contribution >= 4 is 16.3 Å². The fourth-order valence-corrected chi connectivity index (χ4v) is 3.25. The summed E-state index contributed by atoms with van der Waals surface area (Å²) < 4.78 is 12.5. The van der Waals surface area contributed by atoms with E-state index >= 15 is 0 Å². The van der Waals surface area contributed by atoms with Gasteiger partial charge in [0.05, 0.1) is 0 Å². The second-order valence-corrected chi connectivity index (χ2v) is 5.86. The van der Waals surface area contributed by atoms with Crippen LogP contribution in [0.1, 0.15) is 0 Å². The van der Waals surface area contributed by atoms with Gasteiger partial charge in [0, 0.05) is 11.8 Å². The van der Waals surface area contributed by atoms with Gasteiger partial charge in [-0.15, -0.1) is 10.2 Å². The Kier molecular flexibility index (Phi) is 2.59. The van der Waals surface area contributed by atoms with Crippen LogP contribution in [0.5, 0.6) is 11.5 Å². The fraction of sp³-hybridized carbons (Fsp3) is 0.0667. The fourth-order valence-electron chi connectivity index (χ4n) is 2.42. The van der Waals surface area contributed by atoms with Gasteiger partial charge in [-0.2, -0.15) is 9.61 Å². The van der Waals surface area contributed by atoms with Gasteiger partial charge in [0.25, 0.3) is 0 Å². The predicted octanol–water partition coefficient (Wildman–Crippen LogP) is 2.64. The zero-order valence-corrected chi connectivity index (χ0v) is 12.5. The number of rotatable bonds is 2. The summed E-state index contributed by atoms with van der Waals surface area (Å²) >= 11 is 1.47. The highest BCUT2D eigenvalue weighted by molar-refractivity contribution is 7.19. The van der Waals surface area contributed by atoms with Gasteiger partial charge in [-0.3, -0.25) is 4.98 Å². The molecular weight excluding hydrogens is 314 g/mol. The van der Waals surface area contributed by atoms with E-state index in [1.165, 1.54) is 11.3 Å². The standard InChI is InChI=1S/C15H9N5O2S/c1-2-6-16-10(3-1)13-17-18-15-20(13)19-14(23-15)9-4-5-11-12(7-9)22-8-21-11/h1-7H,8H2. The van der Waals surface area contributed by atoms with Crippen molar-refractivity contribution in [2.24, 2.45) is 0 Å². The average molecular weight is 323 g/mol. The molecule has 4 aromatic rings. The van der Waals surface area contributed by atoms with Crippen LogP contribution in [0.15, 0.2) is 42.6 Å². The van der Waals surface area contributed by atoms with Crippen LogP contribution in [0.3, 0.4) is 0 Å². The minimum atomic E-state index is 0.258. The second kappa shape index (κ2) is 4.75. The number of benzene rings is 1. The molecule has 8 heteroatoms. The van der Waals surface area contributed by atoms with E-state index in [0.717, 1.165) is 32.7 Å². The summed E-state index contributed by atoms with van der Waals surface area (Å²) in [7, 11) is 0. The van der Waals surface area contributed by atoms with Crippen molar-refractivity contribution in [3.63, 3.8) is 0 Å². The first-order chi connectivity index (χ1) is 11.4. The lowest BCUT2D eigenvalue weighted by Gasteiger charge is -1.98. The number of fused-ring (bicyclic) bond motifs is 2. The summed E-state index contributed by atoms with van der Waals surface area (Å²) in [6.45, 7) is 0.258. The summed E-state index contributed by atoms with van der Waals surface area (Å²) in [4.78, 5) is 5.03. The molecule has 0 bridgehead atoms. The van der Waals surface area contributed by atoms with Gasteiger partial charge in [0.1, 0.15) is 10.7 Å². The molecule has 0 N–H and O–H groups in total. The Morgan fingerprint density at radius 3 is 2.91 bits per heavy atom. The number of hydrogen-bond donors (Lipinski definition) is 0. The van der Waals surface area contributed by atoms with E-state index in [1.807, 2.05) is 36.4 Å². The summed E-state index contributed by atoms with van der Waals surface area (Å²) in [5, 5.41) is 13.8. The maximum Gasteiger partial charge on any atom is 0.235 e. The molecule has 7 nitrogen and oxygen atoms in total. The first kappa shape index (κ1) is 12.5. The van der Waals surface area contributed by atoms with Crippen LogP contribution in [-0.2, 0) is 0 Å². The van der Waals surface area contributed by atoms with Gasteiger partial charge >= 0.3 is 0 Å². The molecule has 112 valence electrons. The highest BCUT2D eigenvalue weighted by Gasteiger charge is 2.18. The molecule has 0 radical (unpaired) electrons. The molecule has 0 saturated carbocycles. The van der Waals surface area contributed by atoms with E-state index in [4.69, 9.17) is 9.47 Å². The van der Waals surface area contributed by atoms with Crippen LogP contribution in [0, 0.1) is 0 Å². The third kappa shape index (κ3) is 1.95. The third-order valence-corrected chi connectivity index (χ3v) is 4.45. The van der Waals surface area contributed by atoms with Crippen molar-refractivity contribution in [3.05, 3.63) is 42.6 Å². The molecule has 0 saturated heterocycles. The SMILES string of the molecule is c1ccc(-c2nnc3sc(-c4ccc5c(c4)OCO5)nn23)nc1. The monoisotopic (exact) mass is 323 g/mol. The highest BCUT2D eigenvalue weighted by Crippen LogP contribution is 2.37. The minimum absolute atomic E-state index is 0.258. The van der Waals surface area contributed by atoms with E-state index in [0.29, 0.717) is 5.82 Å². The molecule has 0 unspecified atom stereocenters. The van der Waals surface area contributed by atoms with Gasteiger partial charge < -0.3 is 9.47 Å². The molecule has 0 aliphatic carbocycles. The molecule has 4 heterocycles. The number of ether oxygens (including phenoxy) is 2. The van der Waals surface area contributed by atoms with Crippen molar-refractivity contribution in [1.29, 1.82) is 0 Å². The lowest BCUT2D eigenvalue weighted by Crippen LogP contribution is -1.93. The Labute approximate surface area is 134 Å². The van der Waals surface area contributed by atoms with Gasteiger partial charge in [-0.25, -0.2) is 0 Å². The van der Waals surface area contributed by atoms with Crippen molar-refractivity contribution in [3.8, 4) is 33.6 Å². The van der Waals surface area contributed by atoms with Crippen molar-refractivity contribution in [1.82, 2.24) is 24.8 Å². The minimum Gasteiger partial charge on any atom is -0.454 e. The quantitative estimate of drug-likeness (QED) is 0.564. The van der Waals surface area contributed by atoms with E-state index in [9.17, 15) is 0 Å². The molecule has 5 rings (SSSR count). The highest BCUT2D eigenvalue weighted by atomic mass is 32.1. The Balaban J connectivity index is 1.63. The largest absolute Gasteiger partial charge is 0.454 e. The Morgan fingerprint density at radius 1 is 1.04 bits per heavy atom. The van der Waals surface area contributed by atoms with Crippen LogP contribution in [0.2, 0.25) is 0 Å². The summed E-state index contributed by atoms with van der Waals surface area (Å²) in [5.74, 6) is 2.12. The molecule has 3 aromatic heterocycles. The van der Waals surface area contributed by atoms with Crippen LogP contribution in [-0.4, -0.2) is 31.6 Å². The van der Waals surface area contributed by atoms with Crippen LogP contribution in [0.25, 0.3) is 27.1 Å². The lowest BCUT2D eigenvalue weighted by molar-refractivity contribution is 0.174. The smallest absolute Gasteiger partial charge is 0.235 e.